The highest BCUT2D eigenvalue weighted by Crippen LogP contribution is 2.27. The highest BCUT2D eigenvalue weighted by atomic mass is 127. The first-order valence-electron chi connectivity index (χ1n) is 9.66. The lowest BCUT2D eigenvalue weighted by Crippen LogP contribution is -2.42. The van der Waals surface area contributed by atoms with E-state index in [1.165, 1.54) is 25.7 Å². The molecule has 1 aliphatic rings. The lowest BCUT2D eigenvalue weighted by molar-refractivity contribution is -0.121. The number of carbonyl (C=O) groups excluding carboxylic acids is 1. The number of nitrogens with zero attached hydrogens (tertiary/aromatic N) is 1. The van der Waals surface area contributed by atoms with Crippen molar-refractivity contribution in [3.8, 4) is 5.75 Å². The maximum absolute atomic E-state index is 11.9. The maximum atomic E-state index is 11.9. The normalized spacial score (nSPS) is 14.3. The van der Waals surface area contributed by atoms with Gasteiger partial charge in [-0.3, -0.25) is 9.79 Å². The number of amides is 1. The van der Waals surface area contributed by atoms with Crippen LogP contribution in [0, 0.1) is 5.92 Å². The van der Waals surface area contributed by atoms with Crippen LogP contribution in [0.1, 0.15) is 37.7 Å². The van der Waals surface area contributed by atoms with E-state index in [0.29, 0.717) is 43.0 Å². The van der Waals surface area contributed by atoms with Crippen LogP contribution in [0.2, 0.25) is 5.02 Å². The van der Waals surface area contributed by atoms with Gasteiger partial charge in [-0.25, -0.2) is 0 Å². The summed E-state index contributed by atoms with van der Waals surface area (Å²) in [6.45, 7) is 1.94. The Morgan fingerprint density at radius 3 is 2.50 bits per heavy atom. The average Bonchev–Trinajstić information content (AvgIpc) is 3.17. The van der Waals surface area contributed by atoms with Crippen molar-refractivity contribution in [2.45, 2.75) is 38.5 Å². The van der Waals surface area contributed by atoms with E-state index in [2.05, 4.69) is 20.9 Å². The van der Waals surface area contributed by atoms with Crippen molar-refractivity contribution in [3.05, 3.63) is 28.8 Å². The number of halogens is 2. The fraction of sp³-hybridized carbons (Fsp3) is 0.600. The summed E-state index contributed by atoms with van der Waals surface area (Å²) in [5.74, 6) is 2.20. The minimum absolute atomic E-state index is 0. The number of rotatable bonds is 9. The summed E-state index contributed by atoms with van der Waals surface area (Å²) in [6.07, 6.45) is 6.37. The van der Waals surface area contributed by atoms with Crippen molar-refractivity contribution < 1.29 is 9.53 Å². The van der Waals surface area contributed by atoms with Gasteiger partial charge in [0.25, 0.3) is 0 Å². The first-order chi connectivity index (χ1) is 13.1. The molecular weight excluding hydrogens is 491 g/mol. The van der Waals surface area contributed by atoms with Crippen LogP contribution >= 0.6 is 35.6 Å². The molecule has 0 heterocycles. The van der Waals surface area contributed by atoms with Crippen molar-refractivity contribution in [1.29, 1.82) is 0 Å². The molecule has 3 N–H and O–H groups in total. The van der Waals surface area contributed by atoms with E-state index in [-0.39, 0.29) is 29.9 Å². The Kier molecular flexibility index (Phi) is 12.3. The first kappa shape index (κ1) is 24.8. The lowest BCUT2D eigenvalue weighted by atomic mass is 10.0. The molecule has 2 rings (SSSR count). The van der Waals surface area contributed by atoms with Gasteiger partial charge in [0.15, 0.2) is 5.96 Å². The third kappa shape index (κ3) is 8.86. The van der Waals surface area contributed by atoms with E-state index in [1.54, 1.807) is 14.2 Å². The fourth-order valence-corrected chi connectivity index (χ4v) is 3.59. The van der Waals surface area contributed by atoms with Gasteiger partial charge in [0.05, 0.1) is 7.11 Å². The Morgan fingerprint density at radius 1 is 1.18 bits per heavy atom. The summed E-state index contributed by atoms with van der Waals surface area (Å²) in [5.41, 5.74) is 1.06. The van der Waals surface area contributed by atoms with E-state index >= 15 is 0 Å². The molecule has 0 bridgehead atoms. The molecule has 0 radical (unpaired) electrons. The van der Waals surface area contributed by atoms with Crippen molar-refractivity contribution >= 4 is 47.4 Å². The number of ether oxygens (including phenoxy) is 1. The smallest absolute Gasteiger partial charge is 0.220 e. The van der Waals surface area contributed by atoms with Gasteiger partial charge >= 0.3 is 0 Å². The topological polar surface area (TPSA) is 74.8 Å². The molecule has 158 valence electrons. The van der Waals surface area contributed by atoms with Gasteiger partial charge in [0.1, 0.15) is 5.75 Å². The zero-order valence-electron chi connectivity index (χ0n) is 16.7. The van der Waals surface area contributed by atoms with Crippen LogP contribution in [-0.2, 0) is 11.2 Å². The Labute approximate surface area is 190 Å². The van der Waals surface area contributed by atoms with Gasteiger partial charge in [-0.1, -0.05) is 30.5 Å². The van der Waals surface area contributed by atoms with Gasteiger partial charge in [0, 0.05) is 38.1 Å². The van der Waals surface area contributed by atoms with Crippen molar-refractivity contribution in [3.63, 3.8) is 0 Å². The molecule has 1 fully saturated rings. The van der Waals surface area contributed by atoms with Crippen LogP contribution in [0.4, 0.5) is 0 Å². The summed E-state index contributed by atoms with van der Waals surface area (Å²) >= 11 is 6.26. The molecule has 0 spiro atoms. The molecule has 0 unspecified atom stereocenters. The molecule has 1 aromatic rings. The predicted molar refractivity (Wildman–Crippen MR) is 126 cm³/mol. The van der Waals surface area contributed by atoms with Gasteiger partial charge in [-0.2, -0.15) is 0 Å². The number of nitrogens with one attached hydrogen (secondary N) is 3. The minimum atomic E-state index is 0. The van der Waals surface area contributed by atoms with Gasteiger partial charge in [0.2, 0.25) is 5.91 Å². The van der Waals surface area contributed by atoms with Crippen LogP contribution in [0.5, 0.6) is 5.75 Å². The van der Waals surface area contributed by atoms with E-state index < -0.39 is 0 Å². The average molecular weight is 523 g/mol. The van der Waals surface area contributed by atoms with Crippen molar-refractivity contribution in [2.75, 3.05) is 33.8 Å². The predicted octanol–water partition coefficient (Wildman–Crippen LogP) is 3.37. The molecule has 0 aromatic heterocycles. The second-order valence-electron chi connectivity index (χ2n) is 6.84. The summed E-state index contributed by atoms with van der Waals surface area (Å²) in [7, 11) is 3.36. The number of guanidine groups is 1. The Morgan fingerprint density at radius 2 is 1.86 bits per heavy atom. The lowest BCUT2D eigenvalue weighted by Gasteiger charge is -2.14. The van der Waals surface area contributed by atoms with Crippen LogP contribution in [0.3, 0.4) is 0 Å². The zero-order valence-corrected chi connectivity index (χ0v) is 19.8. The second kappa shape index (κ2) is 13.9. The zero-order chi connectivity index (χ0) is 19.5. The van der Waals surface area contributed by atoms with Gasteiger partial charge in [-0.15, -0.1) is 24.0 Å². The third-order valence-electron chi connectivity index (χ3n) is 4.86. The van der Waals surface area contributed by atoms with Crippen LogP contribution in [0.15, 0.2) is 23.2 Å². The molecule has 1 saturated carbocycles. The number of methoxy groups -OCH3 is 1. The number of carbonyl (C=O) groups is 1. The highest BCUT2D eigenvalue weighted by molar-refractivity contribution is 14.0. The van der Waals surface area contributed by atoms with Crippen LogP contribution in [-0.4, -0.2) is 45.7 Å². The molecule has 6 nitrogen and oxygen atoms in total. The molecule has 1 aliphatic carbocycles. The van der Waals surface area contributed by atoms with Gasteiger partial charge in [-0.05, 0) is 42.9 Å². The number of hydrogen-bond acceptors (Lipinski definition) is 3. The molecule has 28 heavy (non-hydrogen) atoms. The largest absolute Gasteiger partial charge is 0.497 e. The van der Waals surface area contributed by atoms with Gasteiger partial charge < -0.3 is 20.7 Å². The van der Waals surface area contributed by atoms with E-state index in [4.69, 9.17) is 16.3 Å². The SMILES string of the molecule is CN=C(NCCNC(=O)CC1CCCC1)NCCc1ccc(OC)cc1Cl.I. The molecule has 0 atom stereocenters. The number of benzene rings is 1. The second-order valence-corrected chi connectivity index (χ2v) is 7.24. The summed E-state index contributed by atoms with van der Waals surface area (Å²) < 4.78 is 5.16. The maximum Gasteiger partial charge on any atom is 0.220 e. The van der Waals surface area contributed by atoms with Crippen LogP contribution < -0.4 is 20.7 Å². The molecule has 8 heteroatoms. The standard InChI is InChI=1S/C20H31ClN4O2.HI/c1-22-20(24-10-9-16-7-8-17(27-2)14-18(16)21)25-12-11-23-19(26)13-15-5-3-4-6-15;/h7-8,14-15H,3-6,9-13H2,1-2H3,(H,23,26)(H2,22,24,25);1H. The molecule has 0 aliphatic heterocycles. The quantitative estimate of drug-likeness (QED) is 0.201. The first-order valence-corrected chi connectivity index (χ1v) is 10.0. The Hall–Kier alpha value is -1.22. The molecule has 1 amide bonds. The highest BCUT2D eigenvalue weighted by Gasteiger charge is 2.17. The molecular formula is C20H32ClIN4O2. The van der Waals surface area contributed by atoms with E-state index in [0.717, 1.165) is 17.7 Å². The Bertz CT molecular complexity index is 637. The third-order valence-corrected chi connectivity index (χ3v) is 5.21. The molecule has 0 saturated heterocycles. The Balaban J connectivity index is 0.00000392. The number of hydrogen-bond donors (Lipinski definition) is 3. The fourth-order valence-electron chi connectivity index (χ4n) is 3.33. The van der Waals surface area contributed by atoms with Crippen molar-refractivity contribution in [2.24, 2.45) is 10.9 Å². The summed E-state index contributed by atoms with van der Waals surface area (Å²) in [5, 5.41) is 10.1. The minimum Gasteiger partial charge on any atom is -0.497 e. The summed E-state index contributed by atoms with van der Waals surface area (Å²) in [6, 6.07) is 5.69. The van der Waals surface area contributed by atoms with Crippen molar-refractivity contribution in [1.82, 2.24) is 16.0 Å². The van der Waals surface area contributed by atoms with E-state index in [1.807, 2.05) is 18.2 Å². The monoisotopic (exact) mass is 522 g/mol. The van der Waals surface area contributed by atoms with Crippen LogP contribution in [0.25, 0.3) is 0 Å². The molecule has 1 aromatic carbocycles. The van der Waals surface area contributed by atoms with E-state index in [9.17, 15) is 4.79 Å². The number of aliphatic imine (C=N–C) groups is 1. The summed E-state index contributed by atoms with van der Waals surface area (Å²) in [4.78, 5) is 16.1.